The van der Waals surface area contributed by atoms with Crippen molar-refractivity contribution < 1.29 is 13.5 Å². The molecule has 4 aromatic rings. The molecular formula is C27H36N5O3PS. The topological polar surface area (TPSA) is 109 Å². The van der Waals surface area contributed by atoms with Crippen molar-refractivity contribution in [3.8, 4) is 17.0 Å². The fraction of sp³-hybridized carbons (Fsp3) is 0.333. The number of nitrogens with one attached hydrogen (secondary N) is 2. The Labute approximate surface area is 221 Å². The highest BCUT2D eigenvalue weighted by atomic mass is 32.2. The van der Waals surface area contributed by atoms with Crippen LogP contribution in [0.5, 0.6) is 5.75 Å². The lowest BCUT2D eigenvalue weighted by Crippen LogP contribution is -2.29. The molecule has 1 saturated carbocycles. The zero-order valence-electron chi connectivity index (χ0n) is 21.8. The first-order chi connectivity index (χ1) is 17.9. The minimum atomic E-state index is -3.59. The largest absolute Gasteiger partial charge is 0.507 e. The Morgan fingerprint density at radius 2 is 1.70 bits per heavy atom. The fourth-order valence-electron chi connectivity index (χ4n) is 3.27. The van der Waals surface area contributed by atoms with E-state index >= 15 is 0 Å². The van der Waals surface area contributed by atoms with E-state index in [2.05, 4.69) is 21.8 Å². The lowest BCUT2D eigenvalue weighted by atomic mass is 10.1. The first-order valence-electron chi connectivity index (χ1n) is 12.5. The third-order valence-corrected chi connectivity index (χ3v) is 7.70. The van der Waals surface area contributed by atoms with Crippen LogP contribution in [0.25, 0.3) is 16.9 Å². The fourth-order valence-corrected chi connectivity index (χ4v) is 4.87. The second-order valence-corrected chi connectivity index (χ2v) is 11.1. The van der Waals surface area contributed by atoms with Crippen LogP contribution in [0.1, 0.15) is 38.7 Å². The SMILES string of the molecule is C1CC1.CC.CPc1cnn2c(NCCNS(=O)(=O)c3ccc(C)cc3)cc(-c3ccccc3O)nc12. The van der Waals surface area contributed by atoms with Gasteiger partial charge in [-0.2, -0.15) is 9.61 Å². The Balaban J connectivity index is 0.000000694. The first-order valence-corrected chi connectivity index (χ1v) is 15.5. The minimum Gasteiger partial charge on any atom is -0.507 e. The zero-order valence-corrected chi connectivity index (χ0v) is 23.6. The minimum absolute atomic E-state index is 0.140. The molecule has 5 rings (SSSR count). The van der Waals surface area contributed by atoms with Gasteiger partial charge in [-0.15, -0.1) is 0 Å². The van der Waals surface area contributed by atoms with Gasteiger partial charge < -0.3 is 10.4 Å². The lowest BCUT2D eigenvalue weighted by Gasteiger charge is -2.12. The lowest BCUT2D eigenvalue weighted by molar-refractivity contribution is 0.477. The van der Waals surface area contributed by atoms with E-state index in [1.54, 1.807) is 59.2 Å². The quantitative estimate of drug-likeness (QED) is 0.216. The Morgan fingerprint density at radius 3 is 2.32 bits per heavy atom. The maximum Gasteiger partial charge on any atom is 0.240 e. The van der Waals surface area contributed by atoms with Crippen molar-refractivity contribution in [2.75, 3.05) is 25.1 Å². The Bertz CT molecular complexity index is 1400. The van der Waals surface area contributed by atoms with E-state index in [0.717, 1.165) is 10.9 Å². The molecule has 0 aliphatic heterocycles. The molecule has 0 bridgehead atoms. The number of aryl methyl sites for hydroxylation is 1. The predicted octanol–water partition coefficient (Wildman–Crippen LogP) is 4.93. The highest BCUT2D eigenvalue weighted by Gasteiger charge is 2.15. The number of fused-ring (bicyclic) bond motifs is 1. The van der Waals surface area contributed by atoms with Gasteiger partial charge in [-0.25, -0.2) is 18.1 Å². The van der Waals surface area contributed by atoms with E-state index in [4.69, 9.17) is 4.98 Å². The highest BCUT2D eigenvalue weighted by molar-refractivity contribution is 7.89. The number of para-hydroxylation sites is 1. The van der Waals surface area contributed by atoms with E-state index in [0.29, 0.717) is 37.8 Å². The van der Waals surface area contributed by atoms with Crippen LogP contribution >= 0.6 is 8.58 Å². The number of aromatic hydroxyl groups is 1. The van der Waals surface area contributed by atoms with E-state index in [9.17, 15) is 13.5 Å². The molecule has 198 valence electrons. The summed E-state index contributed by atoms with van der Waals surface area (Å²) in [5, 5.41) is 19.0. The monoisotopic (exact) mass is 541 g/mol. The first kappa shape index (κ1) is 28.6. The van der Waals surface area contributed by atoms with Crippen molar-refractivity contribution in [3.63, 3.8) is 0 Å². The number of phenols is 1. The second-order valence-electron chi connectivity index (χ2n) is 8.29. The summed E-state index contributed by atoms with van der Waals surface area (Å²) < 4.78 is 29.3. The third-order valence-electron chi connectivity index (χ3n) is 5.33. The molecule has 1 atom stereocenters. The second kappa shape index (κ2) is 13.5. The van der Waals surface area contributed by atoms with Crippen molar-refractivity contribution in [1.29, 1.82) is 0 Å². The van der Waals surface area contributed by atoms with Gasteiger partial charge in [-0.1, -0.05) is 71.5 Å². The van der Waals surface area contributed by atoms with Gasteiger partial charge in [0.25, 0.3) is 0 Å². The molecule has 2 heterocycles. The van der Waals surface area contributed by atoms with E-state index in [1.165, 1.54) is 19.3 Å². The van der Waals surface area contributed by atoms with Gasteiger partial charge in [-0.3, -0.25) is 0 Å². The number of hydrogen-bond acceptors (Lipinski definition) is 6. The third kappa shape index (κ3) is 7.74. The van der Waals surface area contributed by atoms with Crippen molar-refractivity contribution in [2.24, 2.45) is 0 Å². The molecule has 2 aromatic carbocycles. The van der Waals surface area contributed by atoms with Crippen LogP contribution in [0.3, 0.4) is 0 Å². The Hall–Kier alpha value is -3.00. The zero-order chi connectivity index (χ0) is 26.8. The van der Waals surface area contributed by atoms with Crippen molar-refractivity contribution in [1.82, 2.24) is 19.3 Å². The number of nitrogens with zero attached hydrogens (tertiary/aromatic N) is 3. The summed E-state index contributed by atoms with van der Waals surface area (Å²) in [7, 11) is -3.08. The number of rotatable bonds is 8. The molecule has 37 heavy (non-hydrogen) atoms. The van der Waals surface area contributed by atoms with Crippen LogP contribution in [0.15, 0.2) is 65.7 Å². The van der Waals surface area contributed by atoms with Gasteiger partial charge in [0, 0.05) is 30.0 Å². The molecule has 2 aromatic heterocycles. The highest BCUT2D eigenvalue weighted by Crippen LogP contribution is 2.29. The molecule has 8 nitrogen and oxygen atoms in total. The maximum absolute atomic E-state index is 12.5. The maximum atomic E-state index is 12.5. The van der Waals surface area contributed by atoms with Gasteiger partial charge in [0.2, 0.25) is 10.0 Å². The van der Waals surface area contributed by atoms with Crippen molar-refractivity contribution >= 4 is 35.4 Å². The van der Waals surface area contributed by atoms with Crippen LogP contribution in [0.2, 0.25) is 0 Å². The van der Waals surface area contributed by atoms with Crippen LogP contribution < -0.4 is 15.3 Å². The summed E-state index contributed by atoms with van der Waals surface area (Å²) >= 11 is 0. The number of hydrogen-bond donors (Lipinski definition) is 3. The molecule has 1 aliphatic rings. The van der Waals surface area contributed by atoms with Crippen LogP contribution in [0, 0.1) is 6.92 Å². The molecule has 10 heteroatoms. The van der Waals surface area contributed by atoms with Crippen molar-refractivity contribution in [3.05, 3.63) is 66.4 Å². The van der Waals surface area contributed by atoms with E-state index in [1.807, 2.05) is 26.8 Å². The van der Waals surface area contributed by atoms with Crippen LogP contribution in [-0.2, 0) is 10.0 Å². The number of sulfonamides is 1. The summed E-state index contributed by atoms with van der Waals surface area (Å²) in [6.07, 6.45) is 6.28. The smallest absolute Gasteiger partial charge is 0.240 e. The molecular weight excluding hydrogens is 505 g/mol. The summed E-state index contributed by atoms with van der Waals surface area (Å²) in [6, 6.07) is 15.5. The van der Waals surface area contributed by atoms with Gasteiger partial charge in [0.1, 0.15) is 11.6 Å². The van der Waals surface area contributed by atoms with Gasteiger partial charge in [0.15, 0.2) is 5.65 Å². The molecule has 1 fully saturated rings. The average molecular weight is 542 g/mol. The van der Waals surface area contributed by atoms with Gasteiger partial charge in [-0.05, 0) is 37.9 Å². The number of anilines is 1. The van der Waals surface area contributed by atoms with E-state index in [-0.39, 0.29) is 17.2 Å². The Kier molecular flexibility index (Phi) is 10.4. The molecule has 1 unspecified atom stereocenters. The van der Waals surface area contributed by atoms with E-state index < -0.39 is 10.0 Å². The molecule has 0 saturated heterocycles. The van der Waals surface area contributed by atoms with Crippen LogP contribution in [0.4, 0.5) is 5.82 Å². The van der Waals surface area contributed by atoms with Crippen molar-refractivity contribution in [2.45, 2.75) is 44.9 Å². The molecule has 0 amide bonds. The standard InChI is InChI=1S/C22H24N5O3PS.C3H6.C2H6/c1-15-7-9-16(10-8-15)32(29,30)25-12-11-23-21-13-18(17-5-3-4-6-19(17)28)26-22-20(31-2)14-24-27(21)22;1-2-3-1;1-2/h3-10,13-14,23,25,28,31H,11-12H2,1-2H3;1-3H2;1-2H3. The summed E-state index contributed by atoms with van der Waals surface area (Å²) in [5.74, 6) is 0.799. The number of phenolic OH excluding ortho intramolecular Hbond substituents is 1. The Morgan fingerprint density at radius 1 is 1.03 bits per heavy atom. The normalized spacial score (nSPS) is 12.5. The van der Waals surface area contributed by atoms with Gasteiger partial charge >= 0.3 is 0 Å². The number of aromatic nitrogens is 3. The van der Waals surface area contributed by atoms with Crippen LogP contribution in [-0.4, -0.2) is 47.9 Å². The molecule has 3 N–H and O–H groups in total. The summed E-state index contributed by atoms with van der Waals surface area (Å²) in [4.78, 5) is 4.94. The number of benzene rings is 2. The average Bonchev–Trinajstić information content (AvgIpc) is 3.74. The summed E-state index contributed by atoms with van der Waals surface area (Å²) in [5.41, 5.74) is 2.93. The molecule has 0 radical (unpaired) electrons. The summed E-state index contributed by atoms with van der Waals surface area (Å²) in [6.45, 7) is 8.49. The molecule has 0 spiro atoms. The molecule has 1 aliphatic carbocycles. The predicted molar refractivity (Wildman–Crippen MR) is 154 cm³/mol. The van der Waals surface area contributed by atoms with Gasteiger partial charge in [0.05, 0.1) is 16.8 Å².